The van der Waals surface area contributed by atoms with Gasteiger partial charge in [0.2, 0.25) is 0 Å². The van der Waals surface area contributed by atoms with Gasteiger partial charge in [0.15, 0.2) is 11.5 Å². The van der Waals surface area contributed by atoms with E-state index in [0.29, 0.717) is 0 Å². The topological polar surface area (TPSA) is 44.5 Å². The maximum Gasteiger partial charge on any atom is 0.455 e. The highest BCUT2D eigenvalue weighted by Gasteiger charge is 2.62. The smallest absolute Gasteiger partial charge is 0.455 e. The van der Waals surface area contributed by atoms with Crippen molar-refractivity contribution >= 4 is 11.6 Å². The highest BCUT2D eigenvalue weighted by atomic mass is 35.5. The zero-order valence-corrected chi connectivity index (χ0v) is 11.1. The second-order valence-corrected chi connectivity index (χ2v) is 4.18. The molecule has 0 spiro atoms. The van der Waals surface area contributed by atoms with Gasteiger partial charge in [-0.25, -0.2) is 0 Å². The van der Waals surface area contributed by atoms with E-state index in [1.807, 2.05) is 0 Å². The molecule has 0 aromatic heterocycles. The Morgan fingerprint density at radius 1 is 1.10 bits per heavy atom. The van der Waals surface area contributed by atoms with Crippen LogP contribution in [0.4, 0.5) is 22.0 Å². The molecule has 0 bridgehead atoms. The first-order chi connectivity index (χ1) is 9.07. The second kappa shape index (κ2) is 5.61. The Kier molecular flexibility index (Phi) is 4.70. The molecule has 0 fully saturated rings. The zero-order valence-electron chi connectivity index (χ0n) is 10.4. The Hall–Kier alpha value is -1.28. The number of nitrogens with two attached hydrogens (primary N) is 1. The van der Waals surface area contributed by atoms with Crippen LogP contribution in [-0.4, -0.2) is 26.3 Å². The van der Waals surface area contributed by atoms with Crippen molar-refractivity contribution in [2.24, 2.45) is 5.73 Å². The van der Waals surface area contributed by atoms with Crippen molar-refractivity contribution in [3.05, 3.63) is 22.7 Å². The third-order valence-electron chi connectivity index (χ3n) is 2.62. The lowest BCUT2D eigenvalue weighted by Crippen LogP contribution is -2.46. The molecule has 9 heteroatoms. The summed E-state index contributed by atoms with van der Waals surface area (Å²) < 4.78 is 73.0. The first-order valence-corrected chi connectivity index (χ1v) is 5.56. The van der Waals surface area contributed by atoms with Crippen molar-refractivity contribution in [1.82, 2.24) is 0 Å². The Bertz CT molecular complexity index is 492. The number of alkyl halides is 5. The van der Waals surface area contributed by atoms with Crippen LogP contribution in [0.1, 0.15) is 11.6 Å². The van der Waals surface area contributed by atoms with E-state index in [1.54, 1.807) is 0 Å². The molecule has 0 unspecified atom stereocenters. The lowest BCUT2D eigenvalue weighted by molar-refractivity contribution is -0.290. The van der Waals surface area contributed by atoms with Crippen LogP contribution in [0, 0.1) is 0 Å². The highest BCUT2D eigenvalue weighted by Crippen LogP contribution is 2.47. The molecule has 0 saturated heterocycles. The van der Waals surface area contributed by atoms with E-state index in [0.717, 1.165) is 12.1 Å². The number of rotatable bonds is 4. The van der Waals surface area contributed by atoms with Gasteiger partial charge in [0.05, 0.1) is 19.2 Å². The summed E-state index contributed by atoms with van der Waals surface area (Å²) in [6.45, 7) is 0. The van der Waals surface area contributed by atoms with E-state index in [2.05, 4.69) is 0 Å². The fraction of sp³-hybridized carbons (Fsp3) is 0.455. The van der Waals surface area contributed by atoms with E-state index in [1.165, 1.54) is 14.2 Å². The van der Waals surface area contributed by atoms with Gasteiger partial charge in [0.25, 0.3) is 0 Å². The molecule has 3 nitrogen and oxygen atoms in total. The SMILES string of the molecule is COc1ccc([C@@H](N)C(F)(F)C(F)(F)F)c(Cl)c1OC. The molecule has 0 aliphatic rings. The molecule has 0 radical (unpaired) electrons. The average Bonchev–Trinajstić information content (AvgIpc) is 2.35. The van der Waals surface area contributed by atoms with Crippen molar-refractivity contribution < 1.29 is 31.4 Å². The standard InChI is InChI=1S/C11H11ClF5NO2/c1-19-6-4-3-5(7(12)8(6)20-2)9(18)10(13,14)11(15,16)17/h3-4,9H,18H2,1-2H3/t9-/m1/s1. The minimum atomic E-state index is -5.79. The maximum atomic E-state index is 13.2. The van der Waals surface area contributed by atoms with Crippen LogP contribution in [0.25, 0.3) is 0 Å². The summed E-state index contributed by atoms with van der Waals surface area (Å²) in [5, 5.41) is -0.455. The molecule has 1 aromatic carbocycles. The van der Waals surface area contributed by atoms with Gasteiger partial charge < -0.3 is 15.2 Å². The van der Waals surface area contributed by atoms with Gasteiger partial charge in [-0.15, -0.1) is 0 Å². The molecule has 20 heavy (non-hydrogen) atoms. The number of hydrogen-bond acceptors (Lipinski definition) is 3. The summed E-state index contributed by atoms with van der Waals surface area (Å²) in [6.07, 6.45) is -5.79. The monoisotopic (exact) mass is 319 g/mol. The van der Waals surface area contributed by atoms with E-state index in [9.17, 15) is 22.0 Å². The number of benzene rings is 1. The molecule has 1 atom stereocenters. The Morgan fingerprint density at radius 2 is 1.65 bits per heavy atom. The van der Waals surface area contributed by atoms with E-state index >= 15 is 0 Å². The Balaban J connectivity index is 3.35. The van der Waals surface area contributed by atoms with Crippen LogP contribution in [0.2, 0.25) is 5.02 Å². The van der Waals surface area contributed by atoms with Crippen LogP contribution in [0.15, 0.2) is 12.1 Å². The van der Waals surface area contributed by atoms with Crippen LogP contribution >= 0.6 is 11.6 Å². The van der Waals surface area contributed by atoms with Crippen molar-refractivity contribution in [2.45, 2.75) is 18.1 Å². The lowest BCUT2D eigenvalue weighted by atomic mass is 10.00. The van der Waals surface area contributed by atoms with E-state index in [4.69, 9.17) is 26.8 Å². The van der Waals surface area contributed by atoms with Gasteiger partial charge in [0.1, 0.15) is 6.04 Å². The van der Waals surface area contributed by atoms with Crippen molar-refractivity contribution in [3.63, 3.8) is 0 Å². The van der Waals surface area contributed by atoms with Crippen LogP contribution < -0.4 is 15.2 Å². The Labute approximate surface area is 116 Å². The van der Waals surface area contributed by atoms with Gasteiger partial charge in [0, 0.05) is 0 Å². The van der Waals surface area contributed by atoms with Gasteiger partial charge in [-0.05, 0) is 11.6 Å². The predicted octanol–water partition coefficient (Wildman–Crippen LogP) is 3.55. The second-order valence-electron chi connectivity index (χ2n) is 3.80. The summed E-state index contributed by atoms with van der Waals surface area (Å²) >= 11 is 5.76. The summed E-state index contributed by atoms with van der Waals surface area (Å²) in [6, 6.07) is -0.574. The largest absolute Gasteiger partial charge is 0.493 e. The summed E-state index contributed by atoms with van der Waals surface area (Å²) in [5.41, 5.74) is 4.43. The molecule has 0 heterocycles. The van der Waals surface area contributed by atoms with Crippen LogP contribution in [-0.2, 0) is 0 Å². The molecular weight excluding hydrogens is 309 g/mol. The Morgan fingerprint density at radius 3 is 2.05 bits per heavy atom. The molecule has 2 N–H and O–H groups in total. The maximum absolute atomic E-state index is 13.2. The van der Waals surface area contributed by atoms with Crippen LogP contribution in [0.5, 0.6) is 11.5 Å². The van der Waals surface area contributed by atoms with Gasteiger partial charge >= 0.3 is 12.1 Å². The van der Waals surface area contributed by atoms with Crippen molar-refractivity contribution in [1.29, 1.82) is 0 Å². The van der Waals surface area contributed by atoms with Gasteiger partial charge in [-0.2, -0.15) is 22.0 Å². The fourth-order valence-electron chi connectivity index (χ4n) is 1.52. The number of halogens is 6. The lowest BCUT2D eigenvalue weighted by Gasteiger charge is -2.27. The molecule has 0 aliphatic heterocycles. The van der Waals surface area contributed by atoms with Crippen LogP contribution in [0.3, 0.4) is 0 Å². The zero-order chi connectivity index (χ0) is 15.7. The molecule has 0 saturated carbocycles. The molecule has 114 valence electrons. The number of hydrogen-bond donors (Lipinski definition) is 1. The summed E-state index contributed by atoms with van der Waals surface area (Å²) in [5.74, 6) is -5.21. The average molecular weight is 320 g/mol. The highest BCUT2D eigenvalue weighted by molar-refractivity contribution is 6.33. The predicted molar refractivity (Wildman–Crippen MR) is 62.5 cm³/mol. The minimum Gasteiger partial charge on any atom is -0.493 e. The normalized spacial score (nSPS) is 14.1. The van der Waals surface area contributed by atoms with Crippen molar-refractivity contribution in [2.75, 3.05) is 14.2 Å². The summed E-state index contributed by atoms with van der Waals surface area (Å²) in [7, 11) is 2.43. The molecule has 1 rings (SSSR count). The third kappa shape index (κ3) is 2.76. The van der Waals surface area contributed by atoms with E-state index in [-0.39, 0.29) is 11.5 Å². The van der Waals surface area contributed by atoms with E-state index < -0.39 is 28.7 Å². The minimum absolute atomic E-state index is 0.0868. The van der Waals surface area contributed by atoms with Crippen molar-refractivity contribution in [3.8, 4) is 11.5 Å². The summed E-state index contributed by atoms with van der Waals surface area (Å²) in [4.78, 5) is 0. The van der Waals surface area contributed by atoms with Gasteiger partial charge in [-0.1, -0.05) is 17.7 Å². The number of methoxy groups -OCH3 is 2. The molecule has 0 amide bonds. The molecule has 1 aromatic rings. The van der Waals surface area contributed by atoms with Gasteiger partial charge in [-0.3, -0.25) is 0 Å². The number of ether oxygens (including phenoxy) is 2. The quantitative estimate of drug-likeness (QED) is 0.863. The molecule has 0 aliphatic carbocycles. The first kappa shape index (κ1) is 16.8. The molecular formula is C11H11ClF5NO2. The fourth-order valence-corrected chi connectivity index (χ4v) is 1.87. The third-order valence-corrected chi connectivity index (χ3v) is 3.01. The first-order valence-electron chi connectivity index (χ1n) is 5.18.